The normalized spacial score (nSPS) is 14.8. The smallest absolute Gasteiger partial charge is 0.241 e. The maximum atomic E-state index is 12.3. The first-order valence-corrected chi connectivity index (χ1v) is 10.3. The molecule has 0 aliphatic carbocycles. The fourth-order valence-corrected chi connectivity index (χ4v) is 3.63. The highest BCUT2D eigenvalue weighted by molar-refractivity contribution is 6.32. The quantitative estimate of drug-likeness (QED) is 0.634. The Balaban J connectivity index is 1.24. The second kappa shape index (κ2) is 9.71. The van der Waals surface area contributed by atoms with Gasteiger partial charge in [0.2, 0.25) is 17.6 Å². The zero-order valence-corrected chi connectivity index (χ0v) is 17.5. The average Bonchev–Trinajstić information content (AvgIpc) is 3.24. The molecule has 1 fully saturated rings. The lowest BCUT2D eigenvalue weighted by atomic mass is 10.2. The number of carbonyl (C=O) groups excluding carboxylic acids is 1. The van der Waals surface area contributed by atoms with Gasteiger partial charge >= 0.3 is 0 Å². The molecule has 0 saturated carbocycles. The Morgan fingerprint density at radius 1 is 1.13 bits per heavy atom. The van der Waals surface area contributed by atoms with Gasteiger partial charge in [0.05, 0.1) is 23.7 Å². The van der Waals surface area contributed by atoms with E-state index in [0.717, 1.165) is 31.7 Å². The minimum Gasteiger partial charge on any atom is -0.338 e. The van der Waals surface area contributed by atoms with Gasteiger partial charge in [-0.15, -0.1) is 0 Å². The van der Waals surface area contributed by atoms with Crippen LogP contribution in [0.5, 0.6) is 0 Å². The molecule has 1 aliphatic rings. The predicted molar refractivity (Wildman–Crippen MR) is 116 cm³/mol. The second-order valence-corrected chi connectivity index (χ2v) is 7.69. The van der Waals surface area contributed by atoms with E-state index in [1.165, 1.54) is 0 Å². The highest BCUT2D eigenvalue weighted by Gasteiger charge is 2.21. The lowest BCUT2D eigenvalue weighted by Gasteiger charge is -2.33. The van der Waals surface area contributed by atoms with Crippen LogP contribution < -0.4 is 5.32 Å². The molecule has 31 heavy (non-hydrogen) atoms. The number of hydrogen-bond donors (Lipinski definition) is 1. The third kappa shape index (κ3) is 5.47. The molecule has 0 unspecified atom stereocenters. The van der Waals surface area contributed by atoms with Crippen molar-refractivity contribution in [1.29, 1.82) is 5.26 Å². The summed E-state index contributed by atoms with van der Waals surface area (Å²) < 4.78 is 5.39. The van der Waals surface area contributed by atoms with E-state index in [1.54, 1.807) is 18.2 Å². The van der Waals surface area contributed by atoms with Crippen LogP contribution in [0.25, 0.3) is 11.4 Å². The van der Waals surface area contributed by atoms with Crippen molar-refractivity contribution in [3.05, 3.63) is 65.0 Å². The summed E-state index contributed by atoms with van der Waals surface area (Å²) in [7, 11) is 0. The summed E-state index contributed by atoms with van der Waals surface area (Å²) in [6.45, 7) is 4.02. The lowest BCUT2D eigenvalue weighted by Crippen LogP contribution is -2.48. The van der Waals surface area contributed by atoms with Crippen molar-refractivity contribution >= 4 is 23.2 Å². The Kier molecular flexibility index (Phi) is 6.57. The van der Waals surface area contributed by atoms with E-state index < -0.39 is 0 Å². The third-order valence-corrected chi connectivity index (χ3v) is 5.38. The molecule has 0 radical (unpaired) electrons. The van der Waals surface area contributed by atoms with Gasteiger partial charge in [0, 0.05) is 37.4 Å². The van der Waals surface area contributed by atoms with Crippen LogP contribution >= 0.6 is 11.6 Å². The van der Waals surface area contributed by atoms with Gasteiger partial charge in [0.25, 0.3) is 0 Å². The average molecular weight is 437 g/mol. The number of nitrogens with one attached hydrogen (secondary N) is 1. The van der Waals surface area contributed by atoms with E-state index in [2.05, 4.69) is 25.3 Å². The molecule has 1 aromatic heterocycles. The van der Waals surface area contributed by atoms with Gasteiger partial charge in [0.1, 0.15) is 6.07 Å². The molecular weight excluding hydrogens is 416 g/mol. The summed E-state index contributed by atoms with van der Waals surface area (Å²) in [5, 5.41) is 16.1. The number of piperazine rings is 1. The largest absolute Gasteiger partial charge is 0.338 e. The Bertz CT molecular complexity index is 1090. The van der Waals surface area contributed by atoms with Crippen LogP contribution in [0.3, 0.4) is 0 Å². The standard InChI is InChI=1S/C22H21ClN6O2/c23-19-12-18(7-6-17(19)13-24)25-20(30)14-28-8-10-29(11-9-28)15-21-26-22(27-31-21)16-4-2-1-3-5-16/h1-7,12H,8-11,14-15H2,(H,25,30). The Labute approximate surface area is 185 Å². The Morgan fingerprint density at radius 2 is 1.87 bits per heavy atom. The fraction of sp³-hybridized carbons (Fsp3) is 0.273. The maximum absolute atomic E-state index is 12.3. The third-order valence-electron chi connectivity index (χ3n) is 5.06. The molecule has 4 rings (SSSR count). The number of halogens is 1. The van der Waals surface area contributed by atoms with E-state index in [4.69, 9.17) is 21.4 Å². The van der Waals surface area contributed by atoms with Crippen molar-refractivity contribution in [3.63, 3.8) is 0 Å². The van der Waals surface area contributed by atoms with E-state index in [1.807, 2.05) is 36.4 Å². The van der Waals surface area contributed by atoms with Crippen LogP contribution in [0, 0.1) is 11.3 Å². The van der Waals surface area contributed by atoms with Crippen LogP contribution in [0.1, 0.15) is 11.5 Å². The van der Waals surface area contributed by atoms with Crippen molar-refractivity contribution in [2.75, 3.05) is 38.0 Å². The molecule has 158 valence electrons. The van der Waals surface area contributed by atoms with Crippen LogP contribution in [0.2, 0.25) is 5.02 Å². The van der Waals surface area contributed by atoms with Gasteiger partial charge in [-0.1, -0.05) is 47.1 Å². The number of hydrogen-bond acceptors (Lipinski definition) is 7. The monoisotopic (exact) mass is 436 g/mol. The molecular formula is C22H21ClN6O2. The summed E-state index contributed by atoms with van der Waals surface area (Å²) in [4.78, 5) is 21.2. The molecule has 1 saturated heterocycles. The number of rotatable bonds is 6. The summed E-state index contributed by atoms with van der Waals surface area (Å²) in [6.07, 6.45) is 0. The van der Waals surface area contributed by atoms with E-state index in [-0.39, 0.29) is 5.91 Å². The summed E-state index contributed by atoms with van der Waals surface area (Å²) in [5.74, 6) is 1.06. The summed E-state index contributed by atoms with van der Waals surface area (Å²) in [5.41, 5.74) is 1.89. The highest BCUT2D eigenvalue weighted by atomic mass is 35.5. The van der Waals surface area contributed by atoms with Crippen molar-refractivity contribution in [2.45, 2.75) is 6.54 Å². The highest BCUT2D eigenvalue weighted by Crippen LogP contribution is 2.20. The molecule has 0 bridgehead atoms. The van der Waals surface area contributed by atoms with Gasteiger partial charge in [-0.2, -0.15) is 10.2 Å². The predicted octanol–water partition coefficient (Wildman–Crippen LogP) is 3.02. The zero-order valence-electron chi connectivity index (χ0n) is 16.8. The number of amides is 1. The molecule has 8 nitrogen and oxygen atoms in total. The Hall–Kier alpha value is -3.25. The molecule has 0 atom stereocenters. The van der Waals surface area contributed by atoms with Crippen molar-refractivity contribution in [1.82, 2.24) is 19.9 Å². The number of anilines is 1. The minimum absolute atomic E-state index is 0.112. The van der Waals surface area contributed by atoms with Gasteiger partial charge in [0.15, 0.2) is 0 Å². The number of benzene rings is 2. The van der Waals surface area contributed by atoms with Gasteiger partial charge in [-0.3, -0.25) is 14.6 Å². The van der Waals surface area contributed by atoms with Crippen LogP contribution in [-0.2, 0) is 11.3 Å². The van der Waals surface area contributed by atoms with E-state index in [0.29, 0.717) is 41.1 Å². The lowest BCUT2D eigenvalue weighted by molar-refractivity contribution is -0.117. The molecule has 9 heteroatoms. The molecule has 1 amide bonds. The summed E-state index contributed by atoms with van der Waals surface area (Å²) in [6, 6.07) is 16.6. The molecule has 2 heterocycles. The number of nitriles is 1. The van der Waals surface area contributed by atoms with Crippen molar-refractivity contribution in [3.8, 4) is 17.5 Å². The SMILES string of the molecule is N#Cc1ccc(NC(=O)CN2CCN(Cc3nc(-c4ccccc4)no3)CC2)cc1Cl. The molecule has 2 aromatic carbocycles. The van der Waals surface area contributed by atoms with E-state index in [9.17, 15) is 4.79 Å². The first-order valence-electron chi connectivity index (χ1n) is 9.93. The number of nitrogens with zero attached hydrogens (tertiary/aromatic N) is 5. The van der Waals surface area contributed by atoms with Gasteiger partial charge < -0.3 is 9.84 Å². The van der Waals surface area contributed by atoms with Crippen LogP contribution in [-0.4, -0.2) is 58.6 Å². The van der Waals surface area contributed by atoms with Crippen molar-refractivity contribution < 1.29 is 9.32 Å². The fourth-order valence-electron chi connectivity index (χ4n) is 3.41. The van der Waals surface area contributed by atoms with E-state index >= 15 is 0 Å². The maximum Gasteiger partial charge on any atom is 0.241 e. The van der Waals surface area contributed by atoms with Gasteiger partial charge in [-0.05, 0) is 18.2 Å². The number of aromatic nitrogens is 2. The van der Waals surface area contributed by atoms with Crippen LogP contribution in [0.4, 0.5) is 5.69 Å². The first-order chi connectivity index (χ1) is 15.1. The van der Waals surface area contributed by atoms with Crippen LogP contribution in [0.15, 0.2) is 53.1 Å². The second-order valence-electron chi connectivity index (χ2n) is 7.28. The molecule has 1 N–H and O–H groups in total. The molecule has 3 aromatic rings. The molecule has 1 aliphatic heterocycles. The molecule has 0 spiro atoms. The Morgan fingerprint density at radius 3 is 2.58 bits per heavy atom. The van der Waals surface area contributed by atoms with Crippen molar-refractivity contribution in [2.24, 2.45) is 0 Å². The first kappa shape index (κ1) is 21.0. The topological polar surface area (TPSA) is 98.3 Å². The zero-order chi connectivity index (χ0) is 21.6. The summed E-state index contributed by atoms with van der Waals surface area (Å²) >= 11 is 6.02. The minimum atomic E-state index is -0.112. The van der Waals surface area contributed by atoms with Gasteiger partial charge in [-0.25, -0.2) is 0 Å². The number of carbonyl (C=O) groups is 1.